The van der Waals surface area contributed by atoms with E-state index in [0.29, 0.717) is 16.3 Å². The first-order chi connectivity index (χ1) is 13.0. The summed E-state index contributed by atoms with van der Waals surface area (Å²) in [4.78, 5) is 16.1. The number of hydrogen-bond acceptors (Lipinski definition) is 4. The molecule has 1 saturated carbocycles. The van der Waals surface area contributed by atoms with Gasteiger partial charge in [0.05, 0.1) is 27.9 Å². The van der Waals surface area contributed by atoms with Crippen molar-refractivity contribution in [2.75, 3.05) is 0 Å². The van der Waals surface area contributed by atoms with Crippen molar-refractivity contribution in [3.05, 3.63) is 58.1 Å². The third-order valence-corrected chi connectivity index (χ3v) is 4.97. The molecule has 0 spiro atoms. The summed E-state index contributed by atoms with van der Waals surface area (Å²) in [6.45, 7) is 1.55. The van der Waals surface area contributed by atoms with Gasteiger partial charge in [-0.2, -0.15) is 5.26 Å². The van der Waals surface area contributed by atoms with Gasteiger partial charge in [0.2, 0.25) is 0 Å². The Morgan fingerprint density at radius 1 is 1.33 bits per heavy atom. The molecule has 0 atom stereocenters. The van der Waals surface area contributed by atoms with Crippen LogP contribution in [0.25, 0.3) is 0 Å². The Balaban J connectivity index is 1.51. The van der Waals surface area contributed by atoms with Crippen molar-refractivity contribution in [1.29, 1.82) is 5.26 Å². The van der Waals surface area contributed by atoms with E-state index in [9.17, 15) is 9.18 Å². The summed E-state index contributed by atoms with van der Waals surface area (Å²) >= 11 is 6.02. The van der Waals surface area contributed by atoms with Gasteiger partial charge in [-0.05, 0) is 50.8 Å². The summed E-state index contributed by atoms with van der Waals surface area (Å²) in [6.07, 6.45) is 4.51. The summed E-state index contributed by atoms with van der Waals surface area (Å²) in [5.41, 5.74) is 0.910. The summed E-state index contributed by atoms with van der Waals surface area (Å²) in [6, 6.07) is 8.26. The van der Waals surface area contributed by atoms with Crippen molar-refractivity contribution in [1.82, 2.24) is 10.3 Å². The zero-order chi connectivity index (χ0) is 19.4. The van der Waals surface area contributed by atoms with Gasteiger partial charge >= 0.3 is 0 Å². The van der Waals surface area contributed by atoms with E-state index in [0.717, 1.165) is 25.7 Å². The number of nitriles is 1. The minimum Gasteiger partial charge on any atom is -0.490 e. The second-order valence-corrected chi connectivity index (χ2v) is 7.02. The summed E-state index contributed by atoms with van der Waals surface area (Å²) < 4.78 is 19.5. The Bertz CT molecular complexity index is 889. The van der Waals surface area contributed by atoms with Crippen LogP contribution in [0.2, 0.25) is 5.02 Å². The third-order valence-electron chi connectivity index (χ3n) is 4.66. The van der Waals surface area contributed by atoms with E-state index in [2.05, 4.69) is 10.3 Å². The first-order valence-electron chi connectivity index (χ1n) is 8.75. The summed E-state index contributed by atoms with van der Waals surface area (Å²) in [7, 11) is 0. The molecule has 5 nitrogen and oxygen atoms in total. The van der Waals surface area contributed by atoms with E-state index in [1.807, 2.05) is 6.07 Å². The van der Waals surface area contributed by atoms with Crippen LogP contribution in [0.5, 0.6) is 5.75 Å². The molecule has 2 aromatic rings. The summed E-state index contributed by atoms with van der Waals surface area (Å²) in [5.74, 6) is -0.168. The molecule has 1 aromatic heterocycles. The Labute approximate surface area is 162 Å². The number of aryl methyl sites for hydroxylation is 1. The number of rotatable bonds is 4. The molecule has 7 heteroatoms. The minimum absolute atomic E-state index is 0.0197. The fourth-order valence-corrected chi connectivity index (χ4v) is 3.29. The van der Waals surface area contributed by atoms with Crippen LogP contribution in [-0.2, 0) is 0 Å². The third kappa shape index (κ3) is 4.75. The number of nitrogens with zero attached hydrogens (tertiary/aromatic N) is 2. The molecule has 0 radical (unpaired) electrons. The van der Waals surface area contributed by atoms with Crippen molar-refractivity contribution < 1.29 is 13.9 Å². The molecule has 140 valence electrons. The van der Waals surface area contributed by atoms with Crippen LogP contribution in [-0.4, -0.2) is 23.0 Å². The van der Waals surface area contributed by atoms with Gasteiger partial charge in [-0.3, -0.25) is 9.78 Å². The number of halogens is 2. The van der Waals surface area contributed by atoms with Gasteiger partial charge < -0.3 is 10.1 Å². The lowest BCUT2D eigenvalue weighted by Crippen LogP contribution is -2.39. The molecule has 1 heterocycles. The number of carbonyl (C=O) groups is 1. The first-order valence-corrected chi connectivity index (χ1v) is 9.13. The van der Waals surface area contributed by atoms with Crippen LogP contribution >= 0.6 is 11.6 Å². The van der Waals surface area contributed by atoms with Crippen molar-refractivity contribution >= 4 is 17.5 Å². The van der Waals surface area contributed by atoms with Crippen molar-refractivity contribution in [2.24, 2.45) is 0 Å². The highest BCUT2D eigenvalue weighted by molar-refractivity contribution is 6.31. The molecule has 1 N–H and O–H groups in total. The molecule has 1 aliphatic rings. The van der Waals surface area contributed by atoms with Crippen molar-refractivity contribution in [3.63, 3.8) is 0 Å². The molecule has 1 fully saturated rings. The van der Waals surface area contributed by atoms with Crippen LogP contribution in [0.1, 0.15) is 47.3 Å². The number of amides is 1. The second kappa shape index (κ2) is 8.36. The van der Waals surface area contributed by atoms with E-state index in [1.165, 1.54) is 12.3 Å². The lowest BCUT2D eigenvalue weighted by molar-refractivity contribution is 0.0893. The normalized spacial score (nSPS) is 19.2. The quantitative estimate of drug-likeness (QED) is 0.854. The van der Waals surface area contributed by atoms with E-state index >= 15 is 0 Å². The zero-order valence-electron chi connectivity index (χ0n) is 14.8. The van der Waals surface area contributed by atoms with Crippen LogP contribution in [0.3, 0.4) is 0 Å². The van der Waals surface area contributed by atoms with Gasteiger partial charge in [-0.15, -0.1) is 0 Å². The van der Waals surface area contributed by atoms with Crippen molar-refractivity contribution in [3.8, 4) is 11.8 Å². The van der Waals surface area contributed by atoms with Gasteiger partial charge in [-0.25, -0.2) is 4.39 Å². The molecule has 0 saturated heterocycles. The standard InChI is InChI=1S/C20H19ClFN3O2/c1-12-19(22)8-14(11-24-12)20(26)25-15-3-6-16(7-4-15)27-17-5-2-13(10-23)18(21)9-17/h2,5,8-9,11,15-16H,3-4,6-7H2,1H3,(H,25,26). The highest BCUT2D eigenvalue weighted by Gasteiger charge is 2.24. The second-order valence-electron chi connectivity index (χ2n) is 6.61. The summed E-state index contributed by atoms with van der Waals surface area (Å²) in [5, 5.41) is 12.2. The van der Waals surface area contributed by atoms with Crippen LogP contribution in [0, 0.1) is 24.1 Å². The number of benzene rings is 1. The van der Waals surface area contributed by atoms with Gasteiger partial charge in [0.1, 0.15) is 17.6 Å². The number of pyridine rings is 1. The van der Waals surface area contributed by atoms with E-state index in [4.69, 9.17) is 21.6 Å². The Morgan fingerprint density at radius 2 is 2.07 bits per heavy atom. The SMILES string of the molecule is Cc1ncc(C(=O)NC2CCC(Oc3ccc(C#N)c(Cl)c3)CC2)cc1F. The average Bonchev–Trinajstić information content (AvgIpc) is 2.65. The molecule has 1 aromatic carbocycles. The van der Waals surface area contributed by atoms with Gasteiger partial charge in [0.15, 0.2) is 0 Å². The first kappa shape index (κ1) is 19.1. The number of ether oxygens (including phenoxy) is 1. The van der Waals surface area contributed by atoms with Crippen LogP contribution < -0.4 is 10.1 Å². The van der Waals surface area contributed by atoms with E-state index < -0.39 is 5.82 Å². The Hall–Kier alpha value is -2.65. The molecule has 1 amide bonds. The van der Waals surface area contributed by atoms with E-state index in [1.54, 1.807) is 25.1 Å². The predicted molar refractivity (Wildman–Crippen MR) is 99.2 cm³/mol. The zero-order valence-corrected chi connectivity index (χ0v) is 15.6. The van der Waals surface area contributed by atoms with Gasteiger partial charge in [0, 0.05) is 18.3 Å². The molecule has 27 heavy (non-hydrogen) atoms. The molecule has 1 aliphatic carbocycles. The topological polar surface area (TPSA) is 75.0 Å². The maximum absolute atomic E-state index is 13.6. The van der Waals surface area contributed by atoms with Gasteiger partial charge in [0.25, 0.3) is 5.91 Å². The highest BCUT2D eigenvalue weighted by atomic mass is 35.5. The number of carbonyl (C=O) groups excluding carboxylic acids is 1. The Kier molecular flexibility index (Phi) is 5.92. The fourth-order valence-electron chi connectivity index (χ4n) is 3.08. The predicted octanol–water partition coefficient (Wildman–Crippen LogP) is 4.17. The molecule has 0 bridgehead atoms. The smallest absolute Gasteiger partial charge is 0.253 e. The maximum Gasteiger partial charge on any atom is 0.253 e. The lowest BCUT2D eigenvalue weighted by Gasteiger charge is -2.29. The largest absolute Gasteiger partial charge is 0.490 e. The molecule has 3 rings (SSSR count). The highest BCUT2D eigenvalue weighted by Crippen LogP contribution is 2.27. The minimum atomic E-state index is -0.485. The van der Waals surface area contributed by atoms with E-state index in [-0.39, 0.29) is 29.3 Å². The fraction of sp³-hybridized carbons (Fsp3) is 0.350. The average molecular weight is 388 g/mol. The number of nitrogens with one attached hydrogen (secondary N) is 1. The number of aromatic nitrogens is 1. The molecular formula is C20H19ClFN3O2. The van der Waals surface area contributed by atoms with Crippen molar-refractivity contribution in [2.45, 2.75) is 44.8 Å². The maximum atomic E-state index is 13.6. The monoisotopic (exact) mass is 387 g/mol. The van der Waals surface area contributed by atoms with Gasteiger partial charge in [-0.1, -0.05) is 11.6 Å². The van der Waals surface area contributed by atoms with Crippen LogP contribution in [0.4, 0.5) is 4.39 Å². The molecule has 0 aliphatic heterocycles. The molecular weight excluding hydrogens is 369 g/mol. The lowest BCUT2D eigenvalue weighted by atomic mass is 9.92. The van der Waals surface area contributed by atoms with Crippen LogP contribution in [0.15, 0.2) is 30.5 Å². The molecule has 0 unspecified atom stereocenters. The Morgan fingerprint density at radius 3 is 2.70 bits per heavy atom. The number of hydrogen-bond donors (Lipinski definition) is 1.